The van der Waals surface area contributed by atoms with E-state index in [0.29, 0.717) is 145 Å². The number of carbonyl (C=O) groups excluding carboxylic acids is 4. The van der Waals surface area contributed by atoms with Crippen molar-refractivity contribution in [2.24, 2.45) is 23.7 Å². The Bertz CT molecular complexity index is 6670. The van der Waals surface area contributed by atoms with Gasteiger partial charge in [0.05, 0.1) is 101 Å². The average molecular weight is 2050 g/mol. The largest absolute Gasteiger partial charge is 0.419 e. The SMILES string of the molecule is CC(=O)C(CO)N1CCC(Cn2ccc3c(N(Cc4ccc(C(F)(F)F)cc4)C4CC4)ncnc32)[C@@H](O)C1.CC(=O)CN1CCC(Cn2ccc3c(N(Cc4ccc(-n5cccn5)cc4)C4CC4)ncnc32)[C@@H](O)C1.CCN(Cc1ccc(C(F)(F)F)c(F)c1)c1ncnc2c1ccn2CC1CCN(CC(C)=O)C[C@@H]1O.CCN(Cc1ccc(C(F)(F)F)cc1F)c1ncnc2c1ccn2C[C@H]1CCN(CC(C)=O)C[C@@H]1O. The molecule has 6 aliphatic rings. The smallest absolute Gasteiger partial charge is 0.394 e. The van der Waals surface area contributed by atoms with Gasteiger partial charge in [0.25, 0.3) is 0 Å². The van der Waals surface area contributed by atoms with Crippen molar-refractivity contribution in [2.45, 2.75) is 206 Å². The van der Waals surface area contributed by atoms with Crippen molar-refractivity contribution in [2.75, 3.05) is 111 Å². The Morgan fingerprint density at radius 3 is 1.14 bits per heavy atom. The molecule has 4 saturated heterocycles. The van der Waals surface area contributed by atoms with Crippen molar-refractivity contribution in [1.29, 1.82) is 0 Å². The number of anilines is 4. The number of hydrogen-bond acceptors (Lipinski definition) is 26. The first-order valence-electron chi connectivity index (χ1n) is 49.8. The van der Waals surface area contributed by atoms with E-state index in [9.17, 15) is 93.0 Å². The van der Waals surface area contributed by atoms with Crippen molar-refractivity contribution in [3.63, 3.8) is 0 Å². The molecule has 6 fully saturated rings. The number of alkyl halides is 9. The van der Waals surface area contributed by atoms with Crippen LogP contribution in [0.2, 0.25) is 0 Å². The summed E-state index contributed by atoms with van der Waals surface area (Å²) in [6, 6.07) is 29.2. The molecule has 4 aromatic carbocycles. The number of halogens is 11. The van der Waals surface area contributed by atoms with E-state index in [1.165, 1.54) is 76.4 Å². The highest BCUT2D eigenvalue weighted by Crippen LogP contribution is 2.42. The van der Waals surface area contributed by atoms with Gasteiger partial charge in [0.1, 0.15) is 106 Å². The summed E-state index contributed by atoms with van der Waals surface area (Å²) in [6.45, 7) is 20.0. The number of ketones is 4. The van der Waals surface area contributed by atoms with Gasteiger partial charge in [-0.25, -0.2) is 53.3 Å². The maximum absolute atomic E-state index is 14.5. The highest BCUT2D eigenvalue weighted by Gasteiger charge is 2.41. The van der Waals surface area contributed by atoms with Crippen LogP contribution in [0.5, 0.6) is 0 Å². The number of benzene rings is 4. The fourth-order valence-electron chi connectivity index (χ4n) is 20.4. The molecule has 31 nitrogen and oxygen atoms in total. The number of aromatic nitrogens is 14. The number of aliphatic hydroxyl groups is 5. The van der Waals surface area contributed by atoms with Crippen LogP contribution in [0.4, 0.5) is 71.6 Å². The summed E-state index contributed by atoms with van der Waals surface area (Å²) in [5, 5.41) is 60.2. The third-order valence-electron chi connectivity index (χ3n) is 28.5. The minimum absolute atomic E-state index is 0.000348. The normalized spacial score (nSPS) is 20.0. The first-order valence-corrected chi connectivity index (χ1v) is 49.8. The van der Waals surface area contributed by atoms with E-state index >= 15 is 0 Å². The van der Waals surface area contributed by atoms with Crippen LogP contribution >= 0.6 is 0 Å². The van der Waals surface area contributed by atoms with E-state index in [4.69, 9.17) is 4.98 Å². The van der Waals surface area contributed by atoms with Gasteiger partial charge in [-0.15, -0.1) is 0 Å². The average Bonchev–Trinajstić information content (AvgIpc) is 1.62. The van der Waals surface area contributed by atoms with Gasteiger partial charge in [0.15, 0.2) is 0 Å². The number of Topliss-reactive ketones (excluding diaryl/α,β-unsaturated/α-hetero) is 4. The number of piperidine rings is 4. The predicted octanol–water partition coefficient (Wildman–Crippen LogP) is 14.1. The van der Waals surface area contributed by atoms with E-state index in [1.54, 1.807) is 24.3 Å². The fourth-order valence-corrected chi connectivity index (χ4v) is 20.4. The zero-order chi connectivity index (χ0) is 104. The standard InChI is InChI=1S/C28H33N7O2.C27H32F3N5O3.2C25H29F4N5O2/c1-20(36)15-32-13-9-22(26(37)18-32)17-33-14-10-25-27(33)29-19-30-28(25)34(23-7-8-23)16-21-3-5-24(6-4-21)35-12-2-11-31-35;1-17(37)23(15-36)33-10-8-19(24(38)14-33)13-34-11-9-22-25(34)31-16-32-26(22)35(21-6-7-21)12-18-2-4-20(5-3-18)27(28,29)30;1-3-33(12-17-4-5-19(10-21(17)26)25(27,28)29)23-20-7-9-34(24(20)31-15-30-23)13-18-6-8-32(11-16(2)35)14-22(18)36;1-3-33(12-17-4-5-20(21(26)10-17)25(27,28)29)23-19-7-9-34(24(19)31-15-30-23)13-18-6-8-32(11-16(2)35)14-22(18)36/h2-6,10-12,14,19,22-23,26,37H,7-9,13,15-18H2,1H3;2-5,9,11,16,19,21,23-24,36,38H,6-8,10,12-15H2,1H3;2*4-5,7,9-10,15,18,22,36H,3,6,8,11-14H2,1-2H3/t22?,26-;19?,23?,24-;18-,22+;18?,22-/m0010/s1. The number of nitrogens with zero attached hydrogens (tertiary/aromatic N) is 22. The Kier molecular flexibility index (Phi) is 34.1. The van der Waals surface area contributed by atoms with E-state index < -0.39 is 77.3 Å². The van der Waals surface area contributed by atoms with E-state index in [0.717, 1.165) is 150 Å². The zero-order valence-corrected chi connectivity index (χ0v) is 82.7. The Morgan fingerprint density at radius 1 is 0.408 bits per heavy atom. The van der Waals surface area contributed by atoms with E-state index in [1.807, 2.05) is 106 Å². The van der Waals surface area contributed by atoms with Crippen LogP contribution in [-0.2, 0) is 90.1 Å². The zero-order valence-electron chi connectivity index (χ0n) is 82.7. The van der Waals surface area contributed by atoms with Crippen molar-refractivity contribution in [3.05, 3.63) is 228 Å². The molecule has 0 radical (unpaired) electrons. The van der Waals surface area contributed by atoms with Gasteiger partial charge in [-0.1, -0.05) is 36.4 Å². The number of hydrogen-bond donors (Lipinski definition) is 5. The molecule has 0 spiro atoms. The molecule has 9 atom stereocenters. The first kappa shape index (κ1) is 107. The van der Waals surface area contributed by atoms with Crippen molar-refractivity contribution in [1.82, 2.24) is 87.5 Å². The second-order valence-electron chi connectivity index (χ2n) is 39.4. The molecule has 784 valence electrons. The summed E-state index contributed by atoms with van der Waals surface area (Å²) in [6.07, 6.45) is 8.83. The maximum atomic E-state index is 14.5. The van der Waals surface area contributed by atoms with Crippen molar-refractivity contribution >= 4 is 90.5 Å². The molecule has 9 aromatic heterocycles. The lowest BCUT2D eigenvalue weighted by atomic mass is 9.92. The first-order chi connectivity index (χ1) is 70.3. The Hall–Kier alpha value is -12.7. The summed E-state index contributed by atoms with van der Waals surface area (Å²) in [4.78, 5) is 98.1. The molecule has 4 aliphatic heterocycles. The molecular formula is C105H123F11N22O9. The van der Waals surface area contributed by atoms with Gasteiger partial charge in [0.2, 0.25) is 0 Å². The van der Waals surface area contributed by atoms with Gasteiger partial charge in [-0.2, -0.15) is 44.6 Å². The maximum Gasteiger partial charge on any atom is 0.419 e. The summed E-state index contributed by atoms with van der Waals surface area (Å²) < 4.78 is 155. The van der Waals surface area contributed by atoms with Crippen LogP contribution in [0.25, 0.3) is 49.8 Å². The topological polar surface area (TPSA) is 336 Å². The number of carbonyl (C=O) groups is 4. The third kappa shape index (κ3) is 26.5. The number of likely N-dealkylation sites (tertiary alicyclic amines) is 4. The lowest BCUT2D eigenvalue weighted by molar-refractivity contribution is -0.140. The molecule has 5 N–H and O–H groups in total. The Balaban J connectivity index is 0.000000140. The highest BCUT2D eigenvalue weighted by atomic mass is 19.4. The van der Waals surface area contributed by atoms with Crippen LogP contribution in [0.1, 0.15) is 132 Å². The molecule has 4 unspecified atom stereocenters. The molecule has 147 heavy (non-hydrogen) atoms. The molecular weight excluding hydrogens is 1920 g/mol. The number of aliphatic hydroxyl groups excluding tert-OH is 5. The summed E-state index contributed by atoms with van der Waals surface area (Å²) in [5.74, 6) is 0.885. The molecule has 42 heteroatoms. The van der Waals surface area contributed by atoms with Gasteiger partial charge in [0, 0.05) is 170 Å². The number of rotatable bonds is 34. The molecule has 13 heterocycles. The summed E-state index contributed by atoms with van der Waals surface area (Å²) in [7, 11) is 0. The van der Waals surface area contributed by atoms with Crippen molar-refractivity contribution in [3.8, 4) is 5.69 Å². The molecule has 13 aromatic rings. The molecule has 2 aliphatic carbocycles. The van der Waals surface area contributed by atoms with Crippen LogP contribution in [0.3, 0.4) is 0 Å². The molecule has 2 saturated carbocycles. The van der Waals surface area contributed by atoms with E-state index in [-0.39, 0.29) is 78.1 Å². The quantitative estimate of drug-likeness (QED) is 0.0234. The Morgan fingerprint density at radius 2 is 0.789 bits per heavy atom. The third-order valence-corrected chi connectivity index (χ3v) is 28.5. The number of fused-ring (bicyclic) bond motifs is 4. The van der Waals surface area contributed by atoms with Gasteiger partial charge >= 0.3 is 18.5 Å². The highest BCUT2D eigenvalue weighted by molar-refractivity contribution is 5.91. The van der Waals surface area contributed by atoms with Crippen LogP contribution < -0.4 is 19.6 Å². The number of β-amino-alcohol motifs (C(OH)–C–C–N with tert-alkyl or cyclic N) is 4. The molecule has 19 rings (SSSR count). The lowest BCUT2D eigenvalue weighted by Gasteiger charge is -2.39. The minimum atomic E-state index is -4.74. The second-order valence-corrected chi connectivity index (χ2v) is 39.4. The molecule has 0 bridgehead atoms. The Labute approximate surface area is 842 Å². The lowest BCUT2D eigenvalue weighted by Crippen LogP contribution is -2.52. The minimum Gasteiger partial charge on any atom is -0.394 e. The fraction of sp³-hybridized carbons (Fsp3) is 0.476. The van der Waals surface area contributed by atoms with Gasteiger partial charge < -0.3 is 63.4 Å². The second kappa shape index (κ2) is 46.8. The molecule has 0 amide bonds. The predicted molar refractivity (Wildman–Crippen MR) is 531 cm³/mol. The van der Waals surface area contributed by atoms with E-state index in [2.05, 4.69) is 90.9 Å². The van der Waals surface area contributed by atoms with Gasteiger partial charge in [-0.05, 0) is 215 Å². The van der Waals surface area contributed by atoms with Crippen LogP contribution in [-0.4, -0.2) is 270 Å². The van der Waals surface area contributed by atoms with Crippen LogP contribution in [0, 0.1) is 35.3 Å². The summed E-state index contributed by atoms with van der Waals surface area (Å²) in [5.41, 5.74) is 3.58. The van der Waals surface area contributed by atoms with Gasteiger partial charge in [-0.3, -0.25) is 38.8 Å². The monoisotopic (exact) mass is 2040 g/mol. The van der Waals surface area contributed by atoms with Crippen molar-refractivity contribution < 1.29 is 93.0 Å². The summed E-state index contributed by atoms with van der Waals surface area (Å²) >= 11 is 0. The van der Waals surface area contributed by atoms with Crippen LogP contribution in [0.15, 0.2) is 178 Å².